The lowest BCUT2D eigenvalue weighted by Gasteiger charge is -2.61. The number of hydrogen-bond donors (Lipinski definition) is 1. The Kier molecular flexibility index (Phi) is 4.00. The van der Waals surface area contributed by atoms with E-state index < -0.39 is 5.97 Å². The zero-order valence-corrected chi connectivity index (χ0v) is 13.6. The van der Waals surface area contributed by atoms with E-state index >= 15 is 0 Å². The highest BCUT2D eigenvalue weighted by Crippen LogP contribution is 2.53. The zero-order chi connectivity index (χ0) is 16.7. The van der Waals surface area contributed by atoms with E-state index in [1.54, 1.807) is 19.1 Å². The molecule has 0 radical (unpaired) electrons. The quantitative estimate of drug-likeness (QED) is 0.921. The summed E-state index contributed by atoms with van der Waals surface area (Å²) in [7, 11) is 3.40. The maximum atomic E-state index is 12.6. The van der Waals surface area contributed by atoms with Gasteiger partial charge in [-0.2, -0.15) is 0 Å². The lowest BCUT2D eigenvalue weighted by Crippen LogP contribution is -2.68. The molecule has 1 aromatic heterocycles. The minimum atomic E-state index is -1.15. The first-order valence-electron chi connectivity index (χ1n) is 7.16. The lowest BCUT2D eigenvalue weighted by atomic mass is 9.55. The van der Waals surface area contributed by atoms with Crippen molar-refractivity contribution in [3.05, 3.63) is 29.6 Å². The van der Waals surface area contributed by atoms with Crippen LogP contribution in [-0.2, 0) is 4.74 Å². The Morgan fingerprint density at radius 2 is 1.91 bits per heavy atom. The maximum absolute atomic E-state index is 12.6. The number of pyridine rings is 1. The van der Waals surface area contributed by atoms with Gasteiger partial charge in [-0.3, -0.25) is 4.79 Å². The topological polar surface area (TPSA) is 79.7 Å². The first-order valence-corrected chi connectivity index (χ1v) is 7.16. The Labute approximate surface area is 130 Å². The van der Waals surface area contributed by atoms with Gasteiger partial charge in [0.15, 0.2) is 0 Å². The van der Waals surface area contributed by atoms with Crippen molar-refractivity contribution in [1.82, 2.24) is 9.88 Å². The Morgan fingerprint density at radius 1 is 1.32 bits per heavy atom. The van der Waals surface area contributed by atoms with Crippen LogP contribution in [0.1, 0.15) is 48.2 Å². The van der Waals surface area contributed by atoms with E-state index in [2.05, 4.69) is 18.8 Å². The monoisotopic (exact) mass is 306 g/mol. The number of ether oxygens (including phenoxy) is 1. The molecule has 1 aliphatic carbocycles. The minimum Gasteiger partial charge on any atom is -0.477 e. The van der Waals surface area contributed by atoms with Crippen LogP contribution in [0.4, 0.5) is 0 Å². The van der Waals surface area contributed by atoms with Crippen molar-refractivity contribution < 1.29 is 19.4 Å². The number of carboxylic acids is 1. The summed E-state index contributed by atoms with van der Waals surface area (Å²) in [4.78, 5) is 29.1. The molecule has 1 amide bonds. The molecule has 1 aromatic rings. The fraction of sp³-hybridized carbons (Fsp3) is 0.562. The molecule has 6 heteroatoms. The van der Waals surface area contributed by atoms with Crippen LogP contribution in [0.2, 0.25) is 0 Å². The molecule has 2 atom stereocenters. The second kappa shape index (κ2) is 5.35. The fourth-order valence-electron chi connectivity index (χ4n) is 3.07. The first kappa shape index (κ1) is 16.4. The summed E-state index contributed by atoms with van der Waals surface area (Å²) in [6.45, 7) is 6.16. The van der Waals surface area contributed by atoms with E-state index in [0.29, 0.717) is 0 Å². The van der Waals surface area contributed by atoms with Gasteiger partial charge < -0.3 is 14.7 Å². The largest absolute Gasteiger partial charge is 0.477 e. The van der Waals surface area contributed by atoms with E-state index in [1.807, 2.05) is 6.92 Å². The SMILES string of the molecule is COC1(C)CC(N(C)C(=O)c2cccc(C(=O)O)n2)C1(C)C. The Morgan fingerprint density at radius 3 is 2.41 bits per heavy atom. The van der Waals surface area contributed by atoms with Gasteiger partial charge in [-0.25, -0.2) is 9.78 Å². The summed E-state index contributed by atoms with van der Waals surface area (Å²) in [6.07, 6.45) is 0.733. The number of rotatable bonds is 4. The van der Waals surface area contributed by atoms with E-state index in [0.717, 1.165) is 6.42 Å². The third kappa shape index (κ3) is 2.37. The van der Waals surface area contributed by atoms with Gasteiger partial charge in [0, 0.05) is 25.6 Å². The second-order valence-corrected chi connectivity index (χ2v) is 6.51. The number of methoxy groups -OCH3 is 1. The summed E-state index contributed by atoms with van der Waals surface area (Å²) in [5.41, 5.74) is -0.461. The van der Waals surface area contributed by atoms with E-state index in [1.165, 1.54) is 18.2 Å². The summed E-state index contributed by atoms with van der Waals surface area (Å²) in [5.74, 6) is -1.42. The van der Waals surface area contributed by atoms with Gasteiger partial charge in [0.05, 0.1) is 5.60 Å². The molecule has 1 saturated carbocycles. The molecule has 1 fully saturated rings. The van der Waals surface area contributed by atoms with Crippen LogP contribution < -0.4 is 0 Å². The number of amides is 1. The van der Waals surface area contributed by atoms with E-state index in [9.17, 15) is 9.59 Å². The van der Waals surface area contributed by atoms with Crippen molar-refractivity contribution in [2.24, 2.45) is 5.41 Å². The van der Waals surface area contributed by atoms with Crippen molar-refractivity contribution in [3.63, 3.8) is 0 Å². The normalized spacial score (nSPS) is 26.1. The molecular weight excluding hydrogens is 284 g/mol. The summed E-state index contributed by atoms with van der Waals surface area (Å²) in [5, 5.41) is 8.98. The average molecular weight is 306 g/mol. The number of hydrogen-bond acceptors (Lipinski definition) is 4. The molecular formula is C16H22N2O4. The fourth-order valence-corrected chi connectivity index (χ4v) is 3.07. The van der Waals surface area contributed by atoms with Crippen molar-refractivity contribution in [2.75, 3.05) is 14.2 Å². The van der Waals surface area contributed by atoms with E-state index in [4.69, 9.17) is 9.84 Å². The third-order valence-corrected chi connectivity index (χ3v) is 5.20. The number of nitrogens with zero attached hydrogens (tertiary/aromatic N) is 2. The van der Waals surface area contributed by atoms with Crippen LogP contribution in [0.3, 0.4) is 0 Å². The number of carbonyl (C=O) groups excluding carboxylic acids is 1. The molecule has 1 N–H and O–H groups in total. The van der Waals surface area contributed by atoms with Gasteiger partial charge in [0.1, 0.15) is 11.4 Å². The molecule has 1 heterocycles. The summed E-state index contributed by atoms with van der Waals surface area (Å²) < 4.78 is 5.57. The van der Waals surface area contributed by atoms with Crippen molar-refractivity contribution in [3.8, 4) is 0 Å². The van der Waals surface area contributed by atoms with Crippen LogP contribution in [-0.4, -0.2) is 52.7 Å². The minimum absolute atomic E-state index is 0.0141. The number of carbonyl (C=O) groups is 2. The van der Waals surface area contributed by atoms with Gasteiger partial charge in [-0.15, -0.1) is 0 Å². The van der Waals surface area contributed by atoms with Crippen LogP contribution >= 0.6 is 0 Å². The highest BCUT2D eigenvalue weighted by atomic mass is 16.5. The van der Waals surface area contributed by atoms with Gasteiger partial charge in [-0.1, -0.05) is 19.9 Å². The number of carboxylic acid groups (broad SMARTS) is 1. The molecule has 0 aromatic carbocycles. The Bertz CT molecular complexity index is 614. The first-order chi connectivity index (χ1) is 10.1. The lowest BCUT2D eigenvalue weighted by molar-refractivity contribution is -0.198. The zero-order valence-electron chi connectivity index (χ0n) is 13.6. The van der Waals surface area contributed by atoms with Crippen molar-refractivity contribution in [2.45, 2.75) is 38.8 Å². The maximum Gasteiger partial charge on any atom is 0.354 e. The van der Waals surface area contributed by atoms with Crippen LogP contribution in [0.5, 0.6) is 0 Å². The average Bonchev–Trinajstić information content (AvgIpc) is 2.50. The molecule has 0 saturated heterocycles. The van der Waals surface area contributed by atoms with Crippen LogP contribution in [0.25, 0.3) is 0 Å². The summed E-state index contributed by atoms with van der Waals surface area (Å²) in [6, 6.07) is 4.45. The predicted octanol–water partition coefficient (Wildman–Crippen LogP) is 2.06. The molecule has 22 heavy (non-hydrogen) atoms. The molecule has 1 aliphatic rings. The third-order valence-electron chi connectivity index (χ3n) is 5.20. The highest BCUT2D eigenvalue weighted by molar-refractivity contribution is 5.94. The van der Waals surface area contributed by atoms with Gasteiger partial charge in [0.2, 0.25) is 0 Å². The molecule has 0 aliphatic heterocycles. The molecule has 2 unspecified atom stereocenters. The second-order valence-electron chi connectivity index (χ2n) is 6.51. The van der Waals surface area contributed by atoms with Gasteiger partial charge in [-0.05, 0) is 25.5 Å². The molecule has 2 rings (SSSR count). The molecule has 6 nitrogen and oxygen atoms in total. The van der Waals surface area contributed by atoms with Crippen molar-refractivity contribution in [1.29, 1.82) is 0 Å². The standard InChI is InChI=1S/C16H22N2O4/c1-15(2)12(9-16(15,3)22-5)18(4)13(19)10-7-6-8-11(17-10)14(20)21/h6-8,12H,9H2,1-5H3,(H,20,21). The van der Waals surface area contributed by atoms with Crippen LogP contribution in [0.15, 0.2) is 18.2 Å². The molecule has 0 spiro atoms. The van der Waals surface area contributed by atoms with Gasteiger partial charge >= 0.3 is 5.97 Å². The van der Waals surface area contributed by atoms with Crippen molar-refractivity contribution >= 4 is 11.9 Å². The molecule has 0 bridgehead atoms. The number of aromatic nitrogens is 1. The van der Waals surface area contributed by atoms with E-state index in [-0.39, 0.29) is 34.4 Å². The van der Waals surface area contributed by atoms with Gasteiger partial charge in [0.25, 0.3) is 5.91 Å². The van der Waals surface area contributed by atoms with Crippen LogP contribution in [0, 0.1) is 5.41 Å². The molecule has 120 valence electrons. The highest BCUT2D eigenvalue weighted by Gasteiger charge is 2.59. The smallest absolute Gasteiger partial charge is 0.354 e. The summed E-state index contributed by atoms with van der Waals surface area (Å²) >= 11 is 0. The predicted molar refractivity (Wildman–Crippen MR) is 80.9 cm³/mol. The Hall–Kier alpha value is -1.95. The number of aromatic carboxylic acids is 1. The Balaban J connectivity index is 2.21.